The Hall–Kier alpha value is -1.02. The monoisotopic (exact) mass is 204 g/mol. The molecule has 2 nitrogen and oxygen atoms in total. The molecule has 0 radical (unpaired) electrons. The second-order valence-electron chi connectivity index (χ2n) is 4.60. The standard InChI is InChI=1S/C13H16O2/c14-13(9-3-4-9)11-5-6-12-10(8-11)2-1-7-15-12/h5-6,8-9,13-14H,1-4,7H2. The lowest BCUT2D eigenvalue weighted by molar-refractivity contribution is 0.153. The summed E-state index contributed by atoms with van der Waals surface area (Å²) in [5.41, 5.74) is 2.33. The fourth-order valence-electron chi connectivity index (χ4n) is 2.25. The third kappa shape index (κ3) is 1.74. The van der Waals surface area contributed by atoms with E-state index in [1.807, 2.05) is 12.1 Å². The maximum Gasteiger partial charge on any atom is 0.122 e. The van der Waals surface area contributed by atoms with Crippen LogP contribution in [0.1, 0.15) is 36.5 Å². The van der Waals surface area contributed by atoms with Crippen LogP contribution in [-0.4, -0.2) is 11.7 Å². The van der Waals surface area contributed by atoms with Gasteiger partial charge in [0.15, 0.2) is 0 Å². The van der Waals surface area contributed by atoms with Crippen LogP contribution in [0.2, 0.25) is 0 Å². The lowest BCUT2D eigenvalue weighted by Crippen LogP contribution is -2.09. The van der Waals surface area contributed by atoms with Crippen LogP contribution in [0, 0.1) is 5.92 Å². The fourth-order valence-corrected chi connectivity index (χ4v) is 2.25. The first kappa shape index (κ1) is 9.22. The molecule has 1 aromatic carbocycles. The van der Waals surface area contributed by atoms with Crippen molar-refractivity contribution in [3.63, 3.8) is 0 Å². The van der Waals surface area contributed by atoms with Crippen LogP contribution >= 0.6 is 0 Å². The Labute approximate surface area is 89.9 Å². The largest absolute Gasteiger partial charge is 0.493 e. The molecule has 2 aliphatic rings. The fraction of sp³-hybridized carbons (Fsp3) is 0.538. The minimum atomic E-state index is -0.253. The summed E-state index contributed by atoms with van der Waals surface area (Å²) in [7, 11) is 0. The molecule has 1 fully saturated rings. The van der Waals surface area contributed by atoms with E-state index >= 15 is 0 Å². The Kier molecular flexibility index (Phi) is 2.17. The lowest BCUT2D eigenvalue weighted by Gasteiger charge is -2.19. The van der Waals surface area contributed by atoms with Gasteiger partial charge in [0.25, 0.3) is 0 Å². The number of fused-ring (bicyclic) bond motifs is 1. The number of hydrogen-bond acceptors (Lipinski definition) is 2. The van der Waals surface area contributed by atoms with E-state index in [2.05, 4.69) is 6.07 Å². The van der Waals surface area contributed by atoms with E-state index in [9.17, 15) is 5.11 Å². The summed E-state index contributed by atoms with van der Waals surface area (Å²) >= 11 is 0. The van der Waals surface area contributed by atoms with E-state index in [0.717, 1.165) is 30.8 Å². The Bertz CT molecular complexity index is 369. The van der Waals surface area contributed by atoms with Crippen molar-refractivity contribution in [2.24, 2.45) is 5.92 Å². The highest BCUT2D eigenvalue weighted by Crippen LogP contribution is 2.41. The number of aliphatic hydroxyl groups excluding tert-OH is 1. The van der Waals surface area contributed by atoms with Gasteiger partial charge in [-0.25, -0.2) is 0 Å². The zero-order chi connectivity index (χ0) is 10.3. The van der Waals surface area contributed by atoms with Gasteiger partial charge in [-0.2, -0.15) is 0 Å². The van der Waals surface area contributed by atoms with Crippen molar-refractivity contribution in [3.8, 4) is 5.75 Å². The molecule has 0 spiro atoms. The van der Waals surface area contributed by atoms with Gasteiger partial charge in [0.1, 0.15) is 5.75 Å². The Morgan fingerprint density at radius 3 is 3.00 bits per heavy atom. The number of benzene rings is 1. The SMILES string of the molecule is OC(c1ccc2c(c1)CCCO2)C1CC1. The third-order valence-corrected chi connectivity index (χ3v) is 3.34. The lowest BCUT2D eigenvalue weighted by atomic mass is 9.99. The molecule has 15 heavy (non-hydrogen) atoms. The van der Waals surface area contributed by atoms with Gasteiger partial charge in [0.2, 0.25) is 0 Å². The molecule has 0 bridgehead atoms. The molecule has 1 aliphatic carbocycles. The molecular weight excluding hydrogens is 188 g/mol. The molecule has 0 amide bonds. The number of aliphatic hydroxyl groups is 1. The van der Waals surface area contributed by atoms with Crippen LogP contribution in [0.3, 0.4) is 0 Å². The molecule has 3 rings (SSSR count). The van der Waals surface area contributed by atoms with Gasteiger partial charge in [-0.15, -0.1) is 0 Å². The van der Waals surface area contributed by atoms with Crippen molar-refractivity contribution in [2.75, 3.05) is 6.61 Å². The topological polar surface area (TPSA) is 29.5 Å². The zero-order valence-electron chi connectivity index (χ0n) is 8.78. The predicted octanol–water partition coefficient (Wildman–Crippen LogP) is 2.46. The van der Waals surface area contributed by atoms with Crippen LogP contribution in [-0.2, 0) is 6.42 Å². The molecule has 1 aliphatic heterocycles. The summed E-state index contributed by atoms with van der Waals surface area (Å²) in [6.07, 6.45) is 4.28. The highest BCUT2D eigenvalue weighted by atomic mass is 16.5. The minimum absolute atomic E-state index is 0.253. The van der Waals surface area contributed by atoms with Gasteiger partial charge >= 0.3 is 0 Å². The summed E-state index contributed by atoms with van der Waals surface area (Å²) in [6, 6.07) is 6.14. The van der Waals surface area contributed by atoms with Crippen molar-refractivity contribution >= 4 is 0 Å². The van der Waals surface area contributed by atoms with Crippen molar-refractivity contribution in [3.05, 3.63) is 29.3 Å². The summed E-state index contributed by atoms with van der Waals surface area (Å²) in [6.45, 7) is 0.831. The zero-order valence-corrected chi connectivity index (χ0v) is 8.78. The van der Waals surface area contributed by atoms with Crippen LogP contribution in [0.5, 0.6) is 5.75 Å². The number of ether oxygens (including phenoxy) is 1. The van der Waals surface area contributed by atoms with Gasteiger partial charge in [-0.05, 0) is 54.9 Å². The van der Waals surface area contributed by atoms with Crippen molar-refractivity contribution in [1.82, 2.24) is 0 Å². The molecule has 1 saturated carbocycles. The first-order valence-corrected chi connectivity index (χ1v) is 5.78. The predicted molar refractivity (Wildman–Crippen MR) is 57.9 cm³/mol. The van der Waals surface area contributed by atoms with Gasteiger partial charge in [0.05, 0.1) is 12.7 Å². The molecule has 1 aromatic rings. The third-order valence-electron chi connectivity index (χ3n) is 3.34. The number of aryl methyl sites for hydroxylation is 1. The van der Waals surface area contributed by atoms with Crippen LogP contribution in [0.15, 0.2) is 18.2 Å². The van der Waals surface area contributed by atoms with Gasteiger partial charge < -0.3 is 9.84 Å². The average Bonchev–Trinajstić information content (AvgIpc) is 3.11. The normalized spacial score (nSPS) is 21.7. The Morgan fingerprint density at radius 2 is 2.20 bits per heavy atom. The van der Waals surface area contributed by atoms with Gasteiger partial charge in [-0.1, -0.05) is 6.07 Å². The van der Waals surface area contributed by atoms with E-state index in [0.29, 0.717) is 5.92 Å². The maximum absolute atomic E-state index is 10.0. The second kappa shape index (κ2) is 3.53. The molecule has 1 heterocycles. The van der Waals surface area contributed by atoms with Gasteiger partial charge in [-0.3, -0.25) is 0 Å². The van der Waals surface area contributed by atoms with E-state index < -0.39 is 0 Å². The minimum Gasteiger partial charge on any atom is -0.493 e. The summed E-state index contributed by atoms with van der Waals surface area (Å²) in [5.74, 6) is 1.51. The molecule has 80 valence electrons. The quantitative estimate of drug-likeness (QED) is 0.801. The van der Waals surface area contributed by atoms with Crippen molar-refractivity contribution in [2.45, 2.75) is 31.8 Å². The molecule has 1 unspecified atom stereocenters. The number of hydrogen-bond donors (Lipinski definition) is 1. The average molecular weight is 204 g/mol. The Balaban J connectivity index is 1.89. The van der Waals surface area contributed by atoms with Crippen molar-refractivity contribution in [1.29, 1.82) is 0 Å². The highest BCUT2D eigenvalue weighted by molar-refractivity contribution is 5.39. The summed E-state index contributed by atoms with van der Waals surface area (Å²) in [5, 5.41) is 10.0. The van der Waals surface area contributed by atoms with Gasteiger partial charge in [0, 0.05) is 0 Å². The maximum atomic E-state index is 10.0. The van der Waals surface area contributed by atoms with E-state index in [-0.39, 0.29) is 6.10 Å². The molecule has 1 N–H and O–H groups in total. The van der Waals surface area contributed by atoms with Crippen LogP contribution in [0.4, 0.5) is 0 Å². The smallest absolute Gasteiger partial charge is 0.122 e. The molecular formula is C13H16O2. The number of rotatable bonds is 2. The highest BCUT2D eigenvalue weighted by Gasteiger charge is 2.31. The van der Waals surface area contributed by atoms with Crippen LogP contribution < -0.4 is 4.74 Å². The Morgan fingerprint density at radius 1 is 1.33 bits per heavy atom. The molecule has 1 atom stereocenters. The second-order valence-corrected chi connectivity index (χ2v) is 4.60. The van der Waals surface area contributed by atoms with E-state index in [1.54, 1.807) is 0 Å². The molecule has 2 heteroatoms. The molecule has 0 aromatic heterocycles. The van der Waals surface area contributed by atoms with Crippen LogP contribution in [0.25, 0.3) is 0 Å². The summed E-state index contributed by atoms with van der Waals surface area (Å²) in [4.78, 5) is 0. The first-order chi connectivity index (χ1) is 7.34. The molecule has 0 saturated heterocycles. The van der Waals surface area contributed by atoms with Crippen molar-refractivity contribution < 1.29 is 9.84 Å². The van der Waals surface area contributed by atoms with E-state index in [4.69, 9.17) is 4.74 Å². The first-order valence-electron chi connectivity index (χ1n) is 5.78. The summed E-state index contributed by atoms with van der Waals surface area (Å²) < 4.78 is 5.55. The van der Waals surface area contributed by atoms with E-state index in [1.165, 1.54) is 18.4 Å².